The van der Waals surface area contributed by atoms with Crippen LogP contribution < -0.4 is 20.5 Å². The third-order valence-corrected chi connectivity index (χ3v) is 6.60. The van der Waals surface area contributed by atoms with Crippen molar-refractivity contribution in [3.8, 4) is 11.5 Å². The van der Waals surface area contributed by atoms with Crippen molar-refractivity contribution < 1.29 is 24.2 Å². The summed E-state index contributed by atoms with van der Waals surface area (Å²) in [4.78, 5) is 23.8. The summed E-state index contributed by atoms with van der Waals surface area (Å²) in [7, 11) is 0.153. The predicted octanol–water partition coefficient (Wildman–Crippen LogP) is 4.06. The van der Waals surface area contributed by atoms with Gasteiger partial charge in [0.1, 0.15) is 0 Å². The summed E-state index contributed by atoms with van der Waals surface area (Å²) < 4.78 is 11.4. The number of carboxylic acids is 1. The third kappa shape index (κ3) is 7.03. The Labute approximate surface area is 184 Å². The molecule has 2 aromatic rings. The minimum absolute atomic E-state index is 0.0127. The van der Waals surface area contributed by atoms with Gasteiger partial charge < -0.3 is 25.6 Å². The van der Waals surface area contributed by atoms with E-state index in [-0.39, 0.29) is 17.2 Å². The van der Waals surface area contributed by atoms with Crippen LogP contribution >= 0.6 is 0 Å². The molecule has 8 heteroatoms. The first-order valence-corrected chi connectivity index (χ1v) is 14.0. The Kier molecular flexibility index (Phi) is 8.50. The quantitative estimate of drug-likeness (QED) is 0.274. The fraction of sp³-hybridized carbons (Fsp3) is 0.391. The molecule has 0 radical (unpaired) electrons. The maximum Gasteiger partial charge on any atom is 0.337 e. The van der Waals surface area contributed by atoms with Gasteiger partial charge in [-0.15, -0.1) is 0 Å². The molecule has 0 heterocycles. The highest BCUT2D eigenvalue weighted by atomic mass is 28.3. The van der Waals surface area contributed by atoms with E-state index in [4.69, 9.17) is 15.2 Å². The summed E-state index contributed by atoms with van der Waals surface area (Å²) >= 11 is 0. The molecule has 168 valence electrons. The average molecular weight is 445 g/mol. The van der Waals surface area contributed by atoms with Crippen molar-refractivity contribution in [2.45, 2.75) is 38.5 Å². The maximum atomic E-state index is 12.1. The maximum absolute atomic E-state index is 12.1. The van der Waals surface area contributed by atoms with E-state index in [1.807, 2.05) is 18.2 Å². The number of ether oxygens (including phenoxy) is 2. The fourth-order valence-corrected chi connectivity index (χ4v) is 4.11. The van der Waals surface area contributed by atoms with E-state index < -0.39 is 14.0 Å². The molecule has 0 aliphatic rings. The normalized spacial score (nSPS) is 11.1. The molecular weight excluding hydrogens is 412 g/mol. The van der Waals surface area contributed by atoms with E-state index in [0.29, 0.717) is 48.6 Å². The lowest BCUT2D eigenvalue weighted by Gasteiger charge is -2.21. The number of amides is 1. The Hall–Kier alpha value is -3.00. The molecule has 0 aromatic heterocycles. The molecule has 2 rings (SSSR count). The number of methoxy groups -OCH3 is 1. The molecule has 1 amide bonds. The van der Waals surface area contributed by atoms with Gasteiger partial charge >= 0.3 is 5.97 Å². The van der Waals surface area contributed by atoms with Gasteiger partial charge in [-0.1, -0.05) is 43.9 Å². The minimum Gasteiger partial charge on any atom is -0.492 e. The van der Waals surface area contributed by atoms with Crippen LogP contribution in [0.5, 0.6) is 11.5 Å². The number of anilines is 1. The first-order valence-electron chi connectivity index (χ1n) is 10.3. The number of aromatic carboxylic acids is 1. The highest BCUT2D eigenvalue weighted by Gasteiger charge is 2.23. The lowest BCUT2D eigenvalue weighted by molar-refractivity contribution is 0.0697. The molecule has 31 heavy (non-hydrogen) atoms. The zero-order valence-electron chi connectivity index (χ0n) is 18.7. The van der Waals surface area contributed by atoms with Crippen molar-refractivity contribution in [2.75, 3.05) is 26.0 Å². The van der Waals surface area contributed by atoms with Crippen LogP contribution in [0.4, 0.5) is 5.69 Å². The van der Waals surface area contributed by atoms with Gasteiger partial charge in [-0.05, 0) is 25.0 Å². The van der Waals surface area contributed by atoms with Crippen LogP contribution in [0.15, 0.2) is 36.4 Å². The zero-order chi connectivity index (χ0) is 23.0. The predicted molar refractivity (Wildman–Crippen MR) is 125 cm³/mol. The van der Waals surface area contributed by atoms with Crippen LogP contribution in [0.1, 0.15) is 32.7 Å². The Morgan fingerprint density at radius 2 is 1.84 bits per heavy atom. The summed E-state index contributed by atoms with van der Waals surface area (Å²) in [6, 6.07) is 11.3. The highest BCUT2D eigenvalue weighted by Crippen LogP contribution is 2.39. The number of benzene rings is 2. The van der Waals surface area contributed by atoms with E-state index in [1.54, 1.807) is 12.1 Å². The number of nitrogens with two attached hydrogens (primary N) is 1. The number of hydrogen-bond donors (Lipinski definition) is 3. The number of hydrogen-bond acceptors (Lipinski definition) is 5. The van der Waals surface area contributed by atoms with Crippen molar-refractivity contribution in [2.24, 2.45) is 0 Å². The van der Waals surface area contributed by atoms with Gasteiger partial charge in [0.05, 0.1) is 25.0 Å². The smallest absolute Gasteiger partial charge is 0.337 e. The third-order valence-electron chi connectivity index (χ3n) is 4.85. The first kappa shape index (κ1) is 24.3. The van der Waals surface area contributed by atoms with E-state index >= 15 is 0 Å². The number of rotatable bonds is 11. The molecule has 0 aliphatic heterocycles. The Morgan fingerprint density at radius 3 is 2.42 bits per heavy atom. The SMILES string of the molecule is COc1c(OCCCNC(=O)c2ccccc2)cc(C(=O)O)c(N)c1CC[Si](C)(C)C. The molecule has 0 aliphatic carbocycles. The van der Waals surface area contributed by atoms with Crippen molar-refractivity contribution in [1.82, 2.24) is 5.32 Å². The van der Waals surface area contributed by atoms with E-state index in [0.717, 1.165) is 6.04 Å². The van der Waals surface area contributed by atoms with Crippen LogP contribution in [-0.2, 0) is 6.42 Å². The lowest BCUT2D eigenvalue weighted by atomic mass is 10.0. The number of nitrogen functional groups attached to an aromatic ring is 1. The second-order valence-corrected chi connectivity index (χ2v) is 14.2. The summed E-state index contributed by atoms with van der Waals surface area (Å²) in [6.07, 6.45) is 1.19. The van der Waals surface area contributed by atoms with Crippen LogP contribution in [0.25, 0.3) is 0 Å². The van der Waals surface area contributed by atoms with Crippen LogP contribution in [0.3, 0.4) is 0 Å². The van der Waals surface area contributed by atoms with Gasteiger partial charge in [0, 0.05) is 31.8 Å². The van der Waals surface area contributed by atoms with Crippen molar-refractivity contribution in [1.29, 1.82) is 0 Å². The number of carbonyl (C=O) groups is 2. The lowest BCUT2D eigenvalue weighted by Crippen LogP contribution is -2.25. The number of carboxylic acid groups (broad SMARTS) is 1. The molecule has 0 fully saturated rings. The summed E-state index contributed by atoms with van der Waals surface area (Å²) in [5.41, 5.74) is 7.69. The number of nitrogens with one attached hydrogen (secondary N) is 1. The molecule has 7 nitrogen and oxygen atoms in total. The van der Waals surface area contributed by atoms with Crippen LogP contribution in [-0.4, -0.2) is 45.3 Å². The van der Waals surface area contributed by atoms with Gasteiger partial charge in [-0.25, -0.2) is 4.79 Å². The average Bonchev–Trinajstić information content (AvgIpc) is 2.72. The molecule has 4 N–H and O–H groups in total. The highest BCUT2D eigenvalue weighted by molar-refractivity contribution is 6.76. The van der Waals surface area contributed by atoms with E-state index in [1.165, 1.54) is 13.2 Å². The minimum atomic E-state index is -1.38. The second-order valence-electron chi connectivity index (χ2n) is 8.54. The Bertz CT molecular complexity index is 910. The molecule has 2 aromatic carbocycles. The zero-order valence-corrected chi connectivity index (χ0v) is 19.7. The summed E-state index contributed by atoms with van der Waals surface area (Å²) in [5, 5.41) is 12.4. The molecule has 0 unspecified atom stereocenters. The summed E-state index contributed by atoms with van der Waals surface area (Å²) in [5.74, 6) is -0.412. The monoisotopic (exact) mass is 444 g/mol. The van der Waals surface area contributed by atoms with E-state index in [9.17, 15) is 14.7 Å². The fourth-order valence-electron chi connectivity index (χ4n) is 3.11. The topological polar surface area (TPSA) is 111 Å². The molecule has 0 atom stereocenters. The van der Waals surface area contributed by atoms with Crippen molar-refractivity contribution >= 4 is 25.6 Å². The Balaban J connectivity index is 2.07. The molecule has 0 spiro atoms. The molecule has 0 bridgehead atoms. The van der Waals surface area contributed by atoms with Gasteiger partial charge in [0.25, 0.3) is 5.91 Å². The van der Waals surface area contributed by atoms with Gasteiger partial charge in [0.15, 0.2) is 11.5 Å². The van der Waals surface area contributed by atoms with Gasteiger partial charge in [-0.3, -0.25) is 4.79 Å². The van der Waals surface area contributed by atoms with Gasteiger partial charge in [-0.2, -0.15) is 0 Å². The van der Waals surface area contributed by atoms with Crippen molar-refractivity contribution in [3.63, 3.8) is 0 Å². The Morgan fingerprint density at radius 1 is 1.16 bits per heavy atom. The van der Waals surface area contributed by atoms with E-state index in [2.05, 4.69) is 25.0 Å². The molecule has 0 saturated heterocycles. The molecule has 0 saturated carbocycles. The first-order chi connectivity index (χ1) is 14.6. The standard InChI is InChI=1S/C23H32N2O5Si/c1-29-21-17(11-14-31(2,3)4)20(24)18(23(27)28)15-19(21)30-13-8-12-25-22(26)16-9-6-5-7-10-16/h5-7,9-10,15H,8,11-14,24H2,1-4H3,(H,25,26)(H,27,28). The summed E-state index contributed by atoms with van der Waals surface area (Å²) in [6.45, 7) is 7.47. The second kappa shape index (κ2) is 10.9. The van der Waals surface area contributed by atoms with Gasteiger partial charge in [0.2, 0.25) is 0 Å². The van der Waals surface area contributed by atoms with Crippen LogP contribution in [0, 0.1) is 0 Å². The van der Waals surface area contributed by atoms with Crippen molar-refractivity contribution in [3.05, 3.63) is 53.1 Å². The van der Waals surface area contributed by atoms with Crippen LogP contribution in [0.2, 0.25) is 25.7 Å². The largest absolute Gasteiger partial charge is 0.492 e. The molecular formula is C23H32N2O5Si. The number of carbonyl (C=O) groups excluding carboxylic acids is 1.